The van der Waals surface area contributed by atoms with Gasteiger partial charge in [0.2, 0.25) is 5.91 Å². The Bertz CT molecular complexity index is 1170. The van der Waals surface area contributed by atoms with Crippen LogP contribution in [0.1, 0.15) is 29.5 Å². The molecule has 1 aliphatic heterocycles. The number of aromatic nitrogens is 2. The minimum Gasteiger partial charge on any atom is -0.354 e. The highest BCUT2D eigenvalue weighted by molar-refractivity contribution is 6.31. The van der Waals surface area contributed by atoms with Crippen LogP contribution in [-0.4, -0.2) is 28.8 Å². The number of amides is 1. The number of aryl methyl sites for hydroxylation is 2. The second kappa shape index (κ2) is 9.57. The molecule has 1 atom stereocenters. The van der Waals surface area contributed by atoms with Gasteiger partial charge in [0.25, 0.3) is 5.56 Å². The molecule has 166 valence electrons. The number of carbonyl (C=O) groups excluding carboxylic acids is 1. The second-order valence-corrected chi connectivity index (χ2v) is 8.77. The van der Waals surface area contributed by atoms with Crippen molar-refractivity contribution in [3.05, 3.63) is 86.7 Å². The zero-order valence-electron chi connectivity index (χ0n) is 18.3. The maximum Gasteiger partial charge on any atom is 0.271 e. The average Bonchev–Trinajstić information content (AvgIpc) is 2.81. The zero-order valence-corrected chi connectivity index (χ0v) is 19.1. The number of hydrogen-bond acceptors (Lipinski definition) is 4. The number of anilines is 1. The third-order valence-corrected chi connectivity index (χ3v) is 6.30. The highest BCUT2D eigenvalue weighted by Gasteiger charge is 2.26. The summed E-state index contributed by atoms with van der Waals surface area (Å²) in [5.74, 6) is 0.608. The standard InChI is InChI=1S/C25H27ClN4O2/c1-17-5-8-19(9-6-17)15-27-25(32)20-4-3-13-29(16-20)23-11-12-24(31)30(28-23)21-10-7-18(2)22(26)14-21/h5-12,14,20H,3-4,13,15-16H2,1-2H3,(H,27,32)/t20-/m1/s1. The van der Waals surface area contributed by atoms with E-state index in [0.29, 0.717) is 29.6 Å². The maximum absolute atomic E-state index is 12.8. The van der Waals surface area contributed by atoms with Crippen molar-refractivity contribution >= 4 is 23.3 Å². The van der Waals surface area contributed by atoms with E-state index in [4.69, 9.17) is 11.6 Å². The molecule has 1 fully saturated rings. The number of carbonyl (C=O) groups is 1. The van der Waals surface area contributed by atoms with E-state index in [1.807, 2.05) is 50.2 Å². The van der Waals surface area contributed by atoms with Crippen LogP contribution in [0.15, 0.2) is 59.4 Å². The number of nitrogens with zero attached hydrogens (tertiary/aromatic N) is 3. The molecule has 0 radical (unpaired) electrons. The summed E-state index contributed by atoms with van der Waals surface area (Å²) in [7, 11) is 0. The van der Waals surface area contributed by atoms with E-state index in [1.54, 1.807) is 12.1 Å². The smallest absolute Gasteiger partial charge is 0.271 e. The third-order valence-electron chi connectivity index (χ3n) is 5.89. The summed E-state index contributed by atoms with van der Waals surface area (Å²) in [6, 6.07) is 16.8. The van der Waals surface area contributed by atoms with Gasteiger partial charge in [0, 0.05) is 30.7 Å². The molecule has 7 heteroatoms. The van der Waals surface area contributed by atoms with E-state index in [1.165, 1.54) is 16.3 Å². The van der Waals surface area contributed by atoms with Gasteiger partial charge in [0.1, 0.15) is 5.82 Å². The Morgan fingerprint density at radius 1 is 1.12 bits per heavy atom. The van der Waals surface area contributed by atoms with Gasteiger partial charge in [-0.15, -0.1) is 5.10 Å². The lowest BCUT2D eigenvalue weighted by Crippen LogP contribution is -2.43. The molecule has 4 rings (SSSR count). The van der Waals surface area contributed by atoms with Crippen molar-refractivity contribution < 1.29 is 4.79 Å². The largest absolute Gasteiger partial charge is 0.354 e. The Balaban J connectivity index is 1.47. The lowest BCUT2D eigenvalue weighted by molar-refractivity contribution is -0.125. The second-order valence-electron chi connectivity index (χ2n) is 8.36. The lowest BCUT2D eigenvalue weighted by Gasteiger charge is -2.33. The topological polar surface area (TPSA) is 67.2 Å². The Morgan fingerprint density at radius 3 is 2.66 bits per heavy atom. The van der Waals surface area contributed by atoms with Gasteiger partial charge in [0.15, 0.2) is 0 Å². The normalized spacial score (nSPS) is 16.1. The van der Waals surface area contributed by atoms with Crippen LogP contribution in [0.5, 0.6) is 0 Å². The molecule has 0 spiro atoms. The molecule has 0 aliphatic carbocycles. The Labute approximate surface area is 192 Å². The fourth-order valence-corrected chi connectivity index (χ4v) is 4.08. The maximum atomic E-state index is 12.8. The molecule has 1 amide bonds. The van der Waals surface area contributed by atoms with E-state index in [2.05, 4.69) is 15.3 Å². The molecule has 0 saturated carbocycles. The van der Waals surface area contributed by atoms with Crippen molar-refractivity contribution in [3.8, 4) is 5.69 Å². The average molecular weight is 451 g/mol. The number of nitrogens with one attached hydrogen (secondary N) is 1. The number of rotatable bonds is 5. The van der Waals surface area contributed by atoms with Crippen molar-refractivity contribution in [2.75, 3.05) is 18.0 Å². The predicted octanol–water partition coefficient (Wildman–Crippen LogP) is 4.04. The van der Waals surface area contributed by atoms with Crippen molar-refractivity contribution in [2.45, 2.75) is 33.2 Å². The summed E-state index contributed by atoms with van der Waals surface area (Å²) in [5, 5.41) is 8.22. The number of piperidine rings is 1. The quantitative estimate of drug-likeness (QED) is 0.637. The first-order valence-corrected chi connectivity index (χ1v) is 11.2. The molecule has 1 N–H and O–H groups in total. The lowest BCUT2D eigenvalue weighted by atomic mass is 9.97. The van der Waals surface area contributed by atoms with E-state index < -0.39 is 0 Å². The van der Waals surface area contributed by atoms with Crippen LogP contribution in [-0.2, 0) is 11.3 Å². The Morgan fingerprint density at radius 2 is 1.91 bits per heavy atom. The molecule has 0 unspecified atom stereocenters. The molecular weight excluding hydrogens is 424 g/mol. The summed E-state index contributed by atoms with van der Waals surface area (Å²) in [6.45, 7) is 5.84. The molecule has 0 bridgehead atoms. The van der Waals surface area contributed by atoms with Crippen LogP contribution in [0.3, 0.4) is 0 Å². The SMILES string of the molecule is Cc1ccc(CNC(=O)[C@@H]2CCCN(c3ccc(=O)n(-c4ccc(C)c(Cl)c4)n3)C2)cc1. The van der Waals surface area contributed by atoms with Crippen LogP contribution in [0.2, 0.25) is 5.02 Å². The fourth-order valence-electron chi connectivity index (χ4n) is 3.91. The predicted molar refractivity (Wildman–Crippen MR) is 128 cm³/mol. The Kier molecular flexibility index (Phi) is 6.61. The van der Waals surface area contributed by atoms with Gasteiger partial charge in [-0.25, -0.2) is 0 Å². The van der Waals surface area contributed by atoms with Gasteiger partial charge in [0.05, 0.1) is 11.6 Å². The van der Waals surface area contributed by atoms with E-state index in [-0.39, 0.29) is 17.4 Å². The Hall–Kier alpha value is -3.12. The molecule has 1 aromatic heterocycles. The molecule has 1 aliphatic rings. The van der Waals surface area contributed by atoms with Gasteiger partial charge >= 0.3 is 0 Å². The first-order valence-electron chi connectivity index (χ1n) is 10.9. The first-order chi connectivity index (χ1) is 15.4. The number of benzene rings is 2. The van der Waals surface area contributed by atoms with Crippen molar-refractivity contribution in [1.82, 2.24) is 15.1 Å². The molecule has 3 aromatic rings. The van der Waals surface area contributed by atoms with Gasteiger partial charge in [-0.2, -0.15) is 4.68 Å². The zero-order chi connectivity index (χ0) is 22.7. The summed E-state index contributed by atoms with van der Waals surface area (Å²) in [4.78, 5) is 27.3. The minimum absolute atomic E-state index is 0.0499. The van der Waals surface area contributed by atoms with Crippen LogP contribution in [0.4, 0.5) is 5.82 Å². The van der Waals surface area contributed by atoms with Gasteiger partial charge < -0.3 is 10.2 Å². The summed E-state index contributed by atoms with van der Waals surface area (Å²) >= 11 is 6.24. The summed E-state index contributed by atoms with van der Waals surface area (Å²) < 4.78 is 1.36. The van der Waals surface area contributed by atoms with Gasteiger partial charge in [-0.1, -0.05) is 47.5 Å². The monoisotopic (exact) mass is 450 g/mol. The van der Waals surface area contributed by atoms with Crippen LogP contribution in [0.25, 0.3) is 5.69 Å². The highest BCUT2D eigenvalue weighted by Crippen LogP contribution is 2.23. The molecule has 2 aromatic carbocycles. The molecule has 6 nitrogen and oxygen atoms in total. The highest BCUT2D eigenvalue weighted by atomic mass is 35.5. The number of halogens is 1. The fraction of sp³-hybridized carbons (Fsp3) is 0.320. The molecule has 1 saturated heterocycles. The van der Waals surface area contributed by atoms with Crippen LogP contribution < -0.4 is 15.8 Å². The molecule has 2 heterocycles. The summed E-state index contributed by atoms with van der Waals surface area (Å²) in [6.07, 6.45) is 1.73. The first kappa shape index (κ1) is 22.1. The van der Waals surface area contributed by atoms with Crippen molar-refractivity contribution in [2.24, 2.45) is 5.92 Å². The van der Waals surface area contributed by atoms with E-state index in [9.17, 15) is 9.59 Å². The van der Waals surface area contributed by atoms with Crippen LogP contribution in [0, 0.1) is 19.8 Å². The van der Waals surface area contributed by atoms with Gasteiger partial charge in [-0.3, -0.25) is 9.59 Å². The van der Waals surface area contributed by atoms with Crippen molar-refractivity contribution in [1.29, 1.82) is 0 Å². The minimum atomic E-state index is -0.224. The van der Waals surface area contributed by atoms with Gasteiger partial charge in [-0.05, 0) is 56.0 Å². The number of hydrogen-bond donors (Lipinski definition) is 1. The summed E-state index contributed by atoms with van der Waals surface area (Å²) in [5.41, 5.74) is 3.62. The van der Waals surface area contributed by atoms with E-state index >= 15 is 0 Å². The molecule has 32 heavy (non-hydrogen) atoms. The van der Waals surface area contributed by atoms with E-state index in [0.717, 1.165) is 30.5 Å². The molecular formula is C25H27ClN4O2. The van der Waals surface area contributed by atoms with Crippen molar-refractivity contribution in [3.63, 3.8) is 0 Å². The van der Waals surface area contributed by atoms with Crippen LogP contribution >= 0.6 is 11.6 Å². The third kappa shape index (κ3) is 5.02.